The van der Waals surface area contributed by atoms with Crippen LogP contribution >= 0.6 is 0 Å². The molecule has 118 valence electrons. The number of phenolic OH excluding ortho intramolecular Hbond substituents is 2. The molecule has 0 radical (unpaired) electrons. The van der Waals surface area contributed by atoms with E-state index in [1.165, 1.54) is 6.07 Å². The zero-order valence-electron chi connectivity index (χ0n) is 12.6. The van der Waals surface area contributed by atoms with Crippen LogP contribution in [0.5, 0.6) is 11.5 Å². The van der Waals surface area contributed by atoms with Gasteiger partial charge in [-0.1, -0.05) is 18.2 Å². The molecule has 0 saturated carbocycles. The number of nitriles is 1. The van der Waals surface area contributed by atoms with Crippen molar-refractivity contribution in [1.29, 1.82) is 5.26 Å². The number of aromatic nitrogens is 1. The van der Waals surface area contributed by atoms with E-state index in [-0.39, 0.29) is 28.6 Å². The molecule has 0 spiro atoms. The first-order valence-corrected chi connectivity index (χ1v) is 7.09. The molecule has 6 nitrogen and oxygen atoms in total. The Hall–Kier alpha value is -3.72. The molecule has 0 aliphatic carbocycles. The number of aromatic hydroxyl groups is 2. The van der Waals surface area contributed by atoms with E-state index >= 15 is 0 Å². The van der Waals surface area contributed by atoms with Crippen LogP contribution in [0.25, 0.3) is 22.4 Å². The molecule has 3 rings (SSSR count). The highest BCUT2D eigenvalue weighted by Crippen LogP contribution is 2.36. The van der Waals surface area contributed by atoms with Gasteiger partial charge in [-0.3, -0.25) is 0 Å². The van der Waals surface area contributed by atoms with E-state index in [1.807, 2.05) is 6.07 Å². The van der Waals surface area contributed by atoms with Crippen LogP contribution in [-0.2, 0) is 0 Å². The second-order valence-corrected chi connectivity index (χ2v) is 5.22. The van der Waals surface area contributed by atoms with E-state index in [0.29, 0.717) is 22.4 Å². The van der Waals surface area contributed by atoms with E-state index in [2.05, 4.69) is 4.98 Å². The van der Waals surface area contributed by atoms with Crippen LogP contribution in [0.4, 0.5) is 11.5 Å². The maximum atomic E-state index is 10.0. The molecular formula is C18H14N4O2. The van der Waals surface area contributed by atoms with E-state index in [0.717, 1.165) is 0 Å². The first kappa shape index (κ1) is 15.2. The van der Waals surface area contributed by atoms with Crippen LogP contribution in [0.15, 0.2) is 48.5 Å². The molecule has 0 amide bonds. The molecular weight excluding hydrogens is 304 g/mol. The number of nitrogen functional groups attached to an aromatic ring is 2. The lowest BCUT2D eigenvalue weighted by Crippen LogP contribution is -2.00. The number of rotatable bonds is 2. The van der Waals surface area contributed by atoms with Crippen molar-refractivity contribution in [3.8, 4) is 40.0 Å². The molecule has 0 unspecified atom stereocenters. The van der Waals surface area contributed by atoms with Crippen LogP contribution < -0.4 is 11.5 Å². The summed E-state index contributed by atoms with van der Waals surface area (Å²) in [5, 5.41) is 29.2. The number of hydrogen-bond acceptors (Lipinski definition) is 6. The highest BCUT2D eigenvalue weighted by molar-refractivity contribution is 5.82. The minimum Gasteiger partial charge on any atom is -0.507 e. The Bertz CT molecular complexity index is 977. The van der Waals surface area contributed by atoms with Gasteiger partial charge in [-0.2, -0.15) is 5.26 Å². The zero-order valence-corrected chi connectivity index (χ0v) is 12.6. The summed E-state index contributed by atoms with van der Waals surface area (Å²) >= 11 is 0. The van der Waals surface area contributed by atoms with Crippen LogP contribution in [0.2, 0.25) is 0 Å². The van der Waals surface area contributed by atoms with Crippen LogP contribution in [0, 0.1) is 11.3 Å². The smallest absolute Gasteiger partial charge is 0.142 e. The molecule has 6 heteroatoms. The number of nitrogens with two attached hydrogens (primary N) is 2. The number of benzene rings is 2. The van der Waals surface area contributed by atoms with E-state index in [4.69, 9.17) is 11.5 Å². The Morgan fingerprint density at radius 3 is 2.33 bits per heavy atom. The van der Waals surface area contributed by atoms with Gasteiger partial charge in [0.25, 0.3) is 0 Å². The van der Waals surface area contributed by atoms with Crippen molar-refractivity contribution in [2.45, 2.75) is 0 Å². The van der Waals surface area contributed by atoms with Crippen molar-refractivity contribution in [2.75, 3.05) is 11.5 Å². The van der Waals surface area contributed by atoms with Crippen LogP contribution in [0.1, 0.15) is 5.56 Å². The lowest BCUT2D eigenvalue weighted by Gasteiger charge is -2.12. The van der Waals surface area contributed by atoms with Gasteiger partial charge in [0.1, 0.15) is 28.9 Å². The fourth-order valence-corrected chi connectivity index (χ4v) is 2.45. The summed E-state index contributed by atoms with van der Waals surface area (Å²) in [5.74, 6) is 0.0145. The topological polar surface area (TPSA) is 129 Å². The van der Waals surface area contributed by atoms with E-state index in [9.17, 15) is 15.5 Å². The molecule has 0 fully saturated rings. The average molecular weight is 318 g/mol. The van der Waals surface area contributed by atoms with Crippen molar-refractivity contribution in [3.63, 3.8) is 0 Å². The molecule has 1 heterocycles. The third-order valence-electron chi connectivity index (χ3n) is 3.68. The Morgan fingerprint density at radius 1 is 0.917 bits per heavy atom. The Balaban J connectivity index is 2.27. The second-order valence-electron chi connectivity index (χ2n) is 5.22. The van der Waals surface area contributed by atoms with E-state index in [1.54, 1.807) is 42.5 Å². The first-order chi connectivity index (χ1) is 11.5. The number of anilines is 2. The molecule has 1 aromatic heterocycles. The quantitative estimate of drug-likeness (QED) is 0.424. The van der Waals surface area contributed by atoms with Gasteiger partial charge in [0, 0.05) is 11.1 Å². The number of pyridine rings is 1. The van der Waals surface area contributed by atoms with Crippen molar-refractivity contribution >= 4 is 11.5 Å². The standard InChI is InChI=1S/C18H14N4O2/c19-9-13-12(10-5-6-14(20)17(24)7-10)8-15(22-18(13)21)11-3-1-2-4-16(11)23/h1-8,23-24H,20H2,(H2,21,22). The van der Waals surface area contributed by atoms with Gasteiger partial charge < -0.3 is 21.7 Å². The fourth-order valence-electron chi connectivity index (χ4n) is 2.45. The molecule has 0 bridgehead atoms. The number of para-hydroxylation sites is 1. The summed E-state index contributed by atoms with van der Waals surface area (Å²) in [7, 11) is 0. The Kier molecular flexibility index (Phi) is 3.68. The van der Waals surface area contributed by atoms with Crippen molar-refractivity contribution < 1.29 is 10.2 Å². The summed E-state index contributed by atoms with van der Waals surface area (Å²) in [6.07, 6.45) is 0. The van der Waals surface area contributed by atoms with Crippen molar-refractivity contribution in [3.05, 3.63) is 54.1 Å². The minimum atomic E-state index is -0.0871. The minimum absolute atomic E-state index is 0.0459. The third-order valence-corrected chi connectivity index (χ3v) is 3.68. The summed E-state index contributed by atoms with van der Waals surface area (Å²) in [6, 6.07) is 15.1. The summed E-state index contributed by atoms with van der Waals surface area (Å²) in [6.45, 7) is 0. The lowest BCUT2D eigenvalue weighted by molar-refractivity contribution is 0.477. The average Bonchev–Trinajstić information content (AvgIpc) is 2.57. The normalized spacial score (nSPS) is 10.3. The summed E-state index contributed by atoms with van der Waals surface area (Å²) < 4.78 is 0. The maximum absolute atomic E-state index is 10.0. The zero-order chi connectivity index (χ0) is 17.3. The monoisotopic (exact) mass is 318 g/mol. The molecule has 0 saturated heterocycles. The van der Waals surface area contributed by atoms with Gasteiger partial charge in [0.15, 0.2) is 0 Å². The molecule has 3 aromatic rings. The Labute approximate surface area is 138 Å². The highest BCUT2D eigenvalue weighted by Gasteiger charge is 2.15. The third kappa shape index (κ3) is 2.55. The molecule has 24 heavy (non-hydrogen) atoms. The lowest BCUT2D eigenvalue weighted by atomic mass is 9.97. The van der Waals surface area contributed by atoms with Gasteiger partial charge in [-0.15, -0.1) is 0 Å². The number of phenols is 2. The van der Waals surface area contributed by atoms with Gasteiger partial charge in [0.2, 0.25) is 0 Å². The van der Waals surface area contributed by atoms with Gasteiger partial charge in [0.05, 0.1) is 11.4 Å². The summed E-state index contributed by atoms with van der Waals surface area (Å²) in [4.78, 5) is 4.21. The molecule has 0 atom stereocenters. The maximum Gasteiger partial charge on any atom is 0.142 e. The van der Waals surface area contributed by atoms with Crippen LogP contribution in [0.3, 0.4) is 0 Å². The predicted octanol–water partition coefficient (Wildman–Crippen LogP) is 2.86. The number of nitrogens with zero attached hydrogens (tertiary/aromatic N) is 2. The largest absolute Gasteiger partial charge is 0.507 e. The molecule has 0 aliphatic heterocycles. The first-order valence-electron chi connectivity index (χ1n) is 7.09. The molecule has 6 N–H and O–H groups in total. The van der Waals surface area contributed by atoms with Gasteiger partial charge >= 0.3 is 0 Å². The fraction of sp³-hybridized carbons (Fsp3) is 0. The van der Waals surface area contributed by atoms with Crippen molar-refractivity contribution in [2.24, 2.45) is 0 Å². The summed E-state index contributed by atoms with van der Waals surface area (Å²) in [5.41, 5.74) is 14.0. The van der Waals surface area contributed by atoms with E-state index < -0.39 is 0 Å². The van der Waals surface area contributed by atoms with Crippen molar-refractivity contribution in [1.82, 2.24) is 4.98 Å². The predicted molar refractivity (Wildman–Crippen MR) is 92.0 cm³/mol. The SMILES string of the molecule is N#Cc1c(-c2ccc(N)c(O)c2)cc(-c2ccccc2O)nc1N. The number of hydrogen-bond donors (Lipinski definition) is 4. The van der Waals surface area contributed by atoms with Gasteiger partial charge in [-0.25, -0.2) is 4.98 Å². The van der Waals surface area contributed by atoms with Crippen LogP contribution in [-0.4, -0.2) is 15.2 Å². The Morgan fingerprint density at radius 2 is 1.67 bits per heavy atom. The van der Waals surface area contributed by atoms with Gasteiger partial charge in [-0.05, 0) is 35.9 Å². The second kappa shape index (κ2) is 5.82. The highest BCUT2D eigenvalue weighted by atomic mass is 16.3. The molecule has 0 aliphatic rings. The molecule has 2 aromatic carbocycles.